The molecule has 2 fully saturated rings. The summed E-state index contributed by atoms with van der Waals surface area (Å²) in [6, 6.07) is 8.37. The molecule has 1 saturated carbocycles. The molecule has 5 nitrogen and oxygen atoms in total. The van der Waals surface area contributed by atoms with E-state index in [1.165, 1.54) is 18.4 Å². The van der Waals surface area contributed by atoms with E-state index in [4.69, 9.17) is 9.72 Å². The lowest BCUT2D eigenvalue weighted by Crippen LogP contribution is -2.30. The molecule has 1 aliphatic heterocycles. The Labute approximate surface area is 185 Å². The number of hydrogen-bond donors (Lipinski definition) is 1. The second-order valence-corrected chi connectivity index (χ2v) is 10.6. The molecule has 1 atom stereocenters. The van der Waals surface area contributed by atoms with Gasteiger partial charge in [0.25, 0.3) is 0 Å². The summed E-state index contributed by atoms with van der Waals surface area (Å²) in [5, 5.41) is 10.4. The van der Waals surface area contributed by atoms with Gasteiger partial charge >= 0.3 is 5.97 Å². The van der Waals surface area contributed by atoms with Crippen molar-refractivity contribution in [3.8, 4) is 5.75 Å². The van der Waals surface area contributed by atoms with Gasteiger partial charge in [0.15, 0.2) is 0 Å². The highest BCUT2D eigenvalue weighted by Gasteiger charge is 2.30. The van der Waals surface area contributed by atoms with Crippen LogP contribution in [-0.4, -0.2) is 40.2 Å². The van der Waals surface area contributed by atoms with E-state index in [-0.39, 0.29) is 5.92 Å². The van der Waals surface area contributed by atoms with Crippen LogP contribution in [0.3, 0.4) is 0 Å². The molecule has 2 aliphatic rings. The molecule has 2 heterocycles. The first-order valence-electron chi connectivity index (χ1n) is 11.7. The van der Waals surface area contributed by atoms with Gasteiger partial charge < -0.3 is 9.84 Å². The predicted molar refractivity (Wildman–Crippen MR) is 123 cm³/mol. The molecule has 168 valence electrons. The number of carboxylic acids is 1. The van der Waals surface area contributed by atoms with Crippen molar-refractivity contribution in [2.24, 2.45) is 17.3 Å². The molecule has 1 unspecified atom stereocenters. The molecule has 2 aromatic rings. The number of pyridine rings is 1. The van der Waals surface area contributed by atoms with Crippen molar-refractivity contribution < 1.29 is 14.6 Å². The normalized spacial score (nSPS) is 25.1. The van der Waals surface area contributed by atoms with Crippen LogP contribution in [0.1, 0.15) is 64.1 Å². The van der Waals surface area contributed by atoms with Crippen molar-refractivity contribution in [2.75, 3.05) is 13.1 Å². The monoisotopic (exact) mass is 424 g/mol. The lowest BCUT2D eigenvalue weighted by atomic mass is 9.72. The first kappa shape index (κ1) is 22.1. The van der Waals surface area contributed by atoms with Crippen molar-refractivity contribution in [2.45, 2.75) is 72.4 Å². The number of aryl methyl sites for hydroxylation is 1. The van der Waals surface area contributed by atoms with Crippen molar-refractivity contribution in [3.05, 3.63) is 35.5 Å². The predicted octanol–water partition coefficient (Wildman–Crippen LogP) is 5.43. The summed E-state index contributed by atoms with van der Waals surface area (Å²) in [4.78, 5) is 18.3. The molecular formula is C26H36N2O3. The Balaban J connectivity index is 1.41. The summed E-state index contributed by atoms with van der Waals surface area (Å²) in [5.41, 5.74) is 3.56. The third-order valence-electron chi connectivity index (χ3n) is 7.25. The fourth-order valence-electron chi connectivity index (χ4n) is 5.24. The number of ether oxygens (including phenoxy) is 1. The topological polar surface area (TPSA) is 62.7 Å². The lowest BCUT2D eigenvalue weighted by Gasteiger charge is -2.37. The molecule has 4 rings (SSSR count). The number of aromatic nitrogens is 1. The Hall–Kier alpha value is -2.14. The van der Waals surface area contributed by atoms with Gasteiger partial charge in [-0.05, 0) is 86.7 Å². The maximum Gasteiger partial charge on any atom is 0.307 e. The molecule has 0 bridgehead atoms. The summed E-state index contributed by atoms with van der Waals surface area (Å²) in [7, 11) is 0. The zero-order chi connectivity index (χ0) is 22.2. The number of aliphatic carboxylic acids is 1. The highest BCUT2D eigenvalue weighted by molar-refractivity contribution is 5.83. The van der Waals surface area contributed by atoms with E-state index in [9.17, 15) is 9.90 Å². The van der Waals surface area contributed by atoms with Crippen LogP contribution in [0.2, 0.25) is 0 Å². The number of fused-ring (bicyclic) bond motifs is 1. The van der Waals surface area contributed by atoms with Gasteiger partial charge in [-0.1, -0.05) is 20.8 Å². The van der Waals surface area contributed by atoms with E-state index in [0.717, 1.165) is 54.1 Å². The minimum Gasteiger partial charge on any atom is -0.490 e. The SMILES string of the molecule is Cc1cc(CN2CCC(C(=O)O)C2)nc2ccc(O[C@H]3CC[C@H](C(C)(C)C)CC3)cc12. The van der Waals surface area contributed by atoms with Gasteiger partial charge in [-0.25, -0.2) is 0 Å². The Morgan fingerprint density at radius 3 is 2.55 bits per heavy atom. The lowest BCUT2D eigenvalue weighted by molar-refractivity contribution is -0.141. The summed E-state index contributed by atoms with van der Waals surface area (Å²) in [5.74, 6) is 0.785. The number of likely N-dealkylation sites (tertiary alicyclic amines) is 1. The van der Waals surface area contributed by atoms with Crippen LogP contribution in [0.25, 0.3) is 10.9 Å². The second-order valence-electron chi connectivity index (χ2n) is 10.6. The van der Waals surface area contributed by atoms with E-state index < -0.39 is 5.97 Å². The average Bonchev–Trinajstić information content (AvgIpc) is 3.17. The number of carboxylic acid groups (broad SMARTS) is 1. The number of benzene rings is 1. The molecule has 5 heteroatoms. The fraction of sp³-hybridized carbons (Fsp3) is 0.615. The second kappa shape index (κ2) is 8.78. The number of hydrogen-bond acceptors (Lipinski definition) is 4. The molecule has 0 amide bonds. The molecule has 1 aromatic heterocycles. The van der Waals surface area contributed by atoms with Gasteiger partial charge in [0.05, 0.1) is 23.2 Å². The molecule has 1 aliphatic carbocycles. The highest BCUT2D eigenvalue weighted by Crippen LogP contribution is 2.39. The zero-order valence-corrected chi connectivity index (χ0v) is 19.4. The van der Waals surface area contributed by atoms with Crippen molar-refractivity contribution in [1.82, 2.24) is 9.88 Å². The molecule has 1 aromatic carbocycles. The summed E-state index contributed by atoms with van der Waals surface area (Å²) < 4.78 is 6.36. The van der Waals surface area contributed by atoms with Crippen LogP contribution in [-0.2, 0) is 11.3 Å². The summed E-state index contributed by atoms with van der Waals surface area (Å²) in [6.07, 6.45) is 5.77. The smallest absolute Gasteiger partial charge is 0.307 e. The summed E-state index contributed by atoms with van der Waals surface area (Å²) >= 11 is 0. The molecule has 1 saturated heterocycles. The van der Waals surface area contributed by atoms with E-state index >= 15 is 0 Å². The standard InChI is InChI=1S/C26H36N2O3/c1-17-13-20(16-28-12-11-18(15-28)25(29)30)27-24-10-9-22(14-23(17)24)31-21-7-5-19(6-8-21)26(2,3)4/h9-10,13-14,18-19,21H,5-8,11-12,15-16H2,1-4H3,(H,29,30)/t18?,19-,21-. The van der Waals surface area contributed by atoms with Gasteiger partial charge in [0.2, 0.25) is 0 Å². The molecular weight excluding hydrogens is 388 g/mol. The molecule has 31 heavy (non-hydrogen) atoms. The first-order valence-corrected chi connectivity index (χ1v) is 11.7. The first-order chi connectivity index (χ1) is 14.7. The van der Waals surface area contributed by atoms with Crippen molar-refractivity contribution in [1.29, 1.82) is 0 Å². The van der Waals surface area contributed by atoms with Gasteiger partial charge in [-0.3, -0.25) is 14.7 Å². The fourth-order valence-corrected chi connectivity index (χ4v) is 5.24. The largest absolute Gasteiger partial charge is 0.490 e. The zero-order valence-electron chi connectivity index (χ0n) is 19.4. The minimum absolute atomic E-state index is 0.250. The third kappa shape index (κ3) is 5.20. The Kier molecular flexibility index (Phi) is 6.25. The van der Waals surface area contributed by atoms with Crippen LogP contribution < -0.4 is 4.74 Å². The van der Waals surface area contributed by atoms with Crippen LogP contribution in [0.4, 0.5) is 0 Å². The van der Waals surface area contributed by atoms with Crippen molar-refractivity contribution in [3.63, 3.8) is 0 Å². The van der Waals surface area contributed by atoms with E-state index in [2.05, 4.69) is 50.8 Å². The van der Waals surface area contributed by atoms with Gasteiger partial charge in [0, 0.05) is 18.5 Å². The number of nitrogens with zero attached hydrogens (tertiary/aromatic N) is 2. The van der Waals surface area contributed by atoms with Crippen molar-refractivity contribution >= 4 is 16.9 Å². The molecule has 0 radical (unpaired) electrons. The van der Waals surface area contributed by atoms with Crippen LogP contribution >= 0.6 is 0 Å². The Bertz CT molecular complexity index is 942. The summed E-state index contributed by atoms with van der Waals surface area (Å²) in [6.45, 7) is 11.3. The van der Waals surface area contributed by atoms with Crippen LogP contribution in [0.15, 0.2) is 24.3 Å². The average molecular weight is 425 g/mol. The van der Waals surface area contributed by atoms with Gasteiger partial charge in [-0.15, -0.1) is 0 Å². The minimum atomic E-state index is -0.690. The number of carbonyl (C=O) groups is 1. The Morgan fingerprint density at radius 1 is 1.16 bits per heavy atom. The van der Waals surface area contributed by atoms with Gasteiger partial charge in [-0.2, -0.15) is 0 Å². The van der Waals surface area contributed by atoms with E-state index in [1.807, 2.05) is 6.07 Å². The number of rotatable bonds is 5. The van der Waals surface area contributed by atoms with Crippen LogP contribution in [0.5, 0.6) is 5.75 Å². The van der Waals surface area contributed by atoms with E-state index in [1.54, 1.807) is 0 Å². The Morgan fingerprint density at radius 2 is 1.90 bits per heavy atom. The quantitative estimate of drug-likeness (QED) is 0.693. The third-order valence-corrected chi connectivity index (χ3v) is 7.25. The maximum absolute atomic E-state index is 11.2. The van der Waals surface area contributed by atoms with Gasteiger partial charge in [0.1, 0.15) is 5.75 Å². The maximum atomic E-state index is 11.2. The molecule has 0 spiro atoms. The highest BCUT2D eigenvalue weighted by atomic mass is 16.5. The van der Waals surface area contributed by atoms with E-state index in [0.29, 0.717) is 24.6 Å². The van der Waals surface area contributed by atoms with Crippen LogP contribution in [0, 0.1) is 24.2 Å². The molecule has 1 N–H and O–H groups in total.